The second kappa shape index (κ2) is 8.93. The molecule has 1 fully saturated rings. The molecule has 0 unspecified atom stereocenters. The molecule has 4 nitrogen and oxygen atoms in total. The molecule has 1 aliphatic carbocycles. The molecule has 0 N–H and O–H groups in total. The van der Waals surface area contributed by atoms with E-state index in [-0.39, 0.29) is 5.56 Å². The van der Waals surface area contributed by atoms with Crippen LogP contribution in [-0.2, 0) is 5.75 Å². The quantitative estimate of drug-likeness (QED) is 0.540. The van der Waals surface area contributed by atoms with Gasteiger partial charge in [0.2, 0.25) is 0 Å². The van der Waals surface area contributed by atoms with Crippen LogP contribution in [0, 0.1) is 0 Å². The van der Waals surface area contributed by atoms with Gasteiger partial charge < -0.3 is 0 Å². The standard InChI is InChI=1S/C22H22ClN3OS/c23-20-14-18(16-7-2-1-3-8-16)17(13-19(20)21-9-4-5-11-24-21)15-28-26-22(27)10-6-12-25-26/h4-6,9-14,16H,1-3,7-8,15H2. The lowest BCUT2D eigenvalue weighted by Crippen LogP contribution is -2.16. The minimum atomic E-state index is -0.106. The van der Waals surface area contributed by atoms with E-state index in [0.717, 1.165) is 16.3 Å². The van der Waals surface area contributed by atoms with E-state index in [0.29, 0.717) is 11.7 Å². The summed E-state index contributed by atoms with van der Waals surface area (Å²) in [6.45, 7) is 0. The number of pyridine rings is 1. The van der Waals surface area contributed by atoms with E-state index in [1.54, 1.807) is 18.5 Å². The molecule has 1 aromatic carbocycles. The topological polar surface area (TPSA) is 47.8 Å². The average molecular weight is 412 g/mol. The molecule has 0 aliphatic heterocycles. The molecule has 0 bridgehead atoms. The van der Waals surface area contributed by atoms with Crippen LogP contribution in [-0.4, -0.2) is 14.2 Å². The molecule has 0 amide bonds. The number of aromatic nitrogens is 3. The van der Waals surface area contributed by atoms with E-state index in [9.17, 15) is 4.79 Å². The van der Waals surface area contributed by atoms with Gasteiger partial charge in [-0.3, -0.25) is 9.78 Å². The molecular formula is C22H22ClN3OS. The number of halogens is 1. The van der Waals surface area contributed by atoms with Crippen molar-refractivity contribution in [3.8, 4) is 11.3 Å². The third-order valence-corrected chi connectivity index (χ3v) is 6.51. The maximum absolute atomic E-state index is 12.0. The van der Waals surface area contributed by atoms with Crippen LogP contribution in [0.15, 0.2) is 59.7 Å². The minimum Gasteiger partial charge on any atom is -0.267 e. The SMILES string of the molecule is O=c1cccnn1SCc1cc(-c2ccccn2)c(Cl)cc1C1CCCCC1. The summed E-state index contributed by atoms with van der Waals surface area (Å²) in [6, 6.07) is 13.3. The summed E-state index contributed by atoms with van der Waals surface area (Å²) in [5, 5.41) is 4.90. The van der Waals surface area contributed by atoms with E-state index in [2.05, 4.69) is 22.2 Å². The first-order valence-electron chi connectivity index (χ1n) is 9.64. The highest BCUT2D eigenvalue weighted by molar-refractivity contribution is 7.96. The van der Waals surface area contributed by atoms with Crippen LogP contribution in [0.4, 0.5) is 0 Å². The van der Waals surface area contributed by atoms with Gasteiger partial charge in [-0.15, -0.1) is 0 Å². The fourth-order valence-electron chi connectivity index (χ4n) is 3.84. The predicted octanol–water partition coefficient (Wildman–Crippen LogP) is 5.70. The molecule has 4 rings (SSSR count). The maximum Gasteiger partial charge on any atom is 0.277 e. The average Bonchev–Trinajstić information content (AvgIpc) is 2.75. The lowest BCUT2D eigenvalue weighted by molar-refractivity contribution is 0.442. The molecule has 1 saturated carbocycles. The molecule has 1 aliphatic rings. The zero-order valence-electron chi connectivity index (χ0n) is 15.6. The Hall–Kier alpha value is -2.11. The number of nitrogens with zero attached hydrogens (tertiary/aromatic N) is 3. The van der Waals surface area contributed by atoms with Gasteiger partial charge in [0, 0.05) is 29.8 Å². The number of rotatable bonds is 5. The molecule has 3 aromatic rings. The van der Waals surface area contributed by atoms with E-state index < -0.39 is 0 Å². The summed E-state index contributed by atoms with van der Waals surface area (Å²) in [5.41, 5.74) is 4.21. The van der Waals surface area contributed by atoms with Gasteiger partial charge in [-0.1, -0.05) is 36.9 Å². The Kier molecular flexibility index (Phi) is 6.13. The van der Waals surface area contributed by atoms with Crippen LogP contribution in [0.25, 0.3) is 11.3 Å². The number of hydrogen-bond donors (Lipinski definition) is 0. The Morgan fingerprint density at radius 3 is 2.68 bits per heavy atom. The molecule has 0 saturated heterocycles. The minimum absolute atomic E-state index is 0.106. The Morgan fingerprint density at radius 1 is 1.07 bits per heavy atom. The first kappa shape index (κ1) is 19.2. The zero-order valence-corrected chi connectivity index (χ0v) is 17.1. The predicted molar refractivity (Wildman–Crippen MR) is 116 cm³/mol. The van der Waals surface area contributed by atoms with Crippen molar-refractivity contribution < 1.29 is 0 Å². The summed E-state index contributed by atoms with van der Waals surface area (Å²) in [6.07, 6.45) is 9.64. The number of benzene rings is 1. The smallest absolute Gasteiger partial charge is 0.267 e. The second-order valence-corrected chi connectivity index (χ2v) is 8.39. The van der Waals surface area contributed by atoms with Crippen molar-refractivity contribution in [2.24, 2.45) is 0 Å². The van der Waals surface area contributed by atoms with Crippen molar-refractivity contribution in [1.29, 1.82) is 0 Å². The summed E-state index contributed by atoms with van der Waals surface area (Å²) in [7, 11) is 0. The van der Waals surface area contributed by atoms with Crippen molar-refractivity contribution in [3.63, 3.8) is 0 Å². The van der Waals surface area contributed by atoms with Gasteiger partial charge in [-0.25, -0.2) is 0 Å². The van der Waals surface area contributed by atoms with Gasteiger partial charge in [-0.2, -0.15) is 9.19 Å². The Morgan fingerprint density at radius 2 is 1.93 bits per heavy atom. The van der Waals surface area contributed by atoms with Crippen molar-refractivity contribution in [2.45, 2.75) is 43.8 Å². The van der Waals surface area contributed by atoms with Gasteiger partial charge >= 0.3 is 0 Å². The molecule has 0 atom stereocenters. The van der Waals surface area contributed by atoms with Crippen LogP contribution >= 0.6 is 23.5 Å². The third-order valence-electron chi connectivity index (χ3n) is 5.24. The fourth-order valence-corrected chi connectivity index (χ4v) is 4.93. The monoisotopic (exact) mass is 411 g/mol. The Balaban J connectivity index is 1.71. The van der Waals surface area contributed by atoms with Crippen LogP contribution < -0.4 is 5.56 Å². The molecule has 6 heteroatoms. The molecule has 2 aromatic heterocycles. The zero-order chi connectivity index (χ0) is 19.3. The summed E-state index contributed by atoms with van der Waals surface area (Å²) in [5.74, 6) is 1.19. The van der Waals surface area contributed by atoms with Crippen molar-refractivity contribution in [1.82, 2.24) is 14.2 Å². The summed E-state index contributed by atoms with van der Waals surface area (Å²) in [4.78, 5) is 16.5. The van der Waals surface area contributed by atoms with Crippen LogP contribution in [0.1, 0.15) is 49.1 Å². The van der Waals surface area contributed by atoms with Crippen molar-refractivity contribution >= 4 is 23.5 Å². The molecule has 2 heterocycles. The van der Waals surface area contributed by atoms with Gasteiger partial charge in [0.15, 0.2) is 0 Å². The summed E-state index contributed by atoms with van der Waals surface area (Å²) < 4.78 is 1.44. The normalized spacial score (nSPS) is 14.9. The van der Waals surface area contributed by atoms with Gasteiger partial charge in [0.25, 0.3) is 5.56 Å². The highest BCUT2D eigenvalue weighted by atomic mass is 35.5. The molecule has 0 spiro atoms. The van der Waals surface area contributed by atoms with Crippen LogP contribution in [0.2, 0.25) is 5.02 Å². The highest BCUT2D eigenvalue weighted by Gasteiger charge is 2.21. The van der Waals surface area contributed by atoms with E-state index >= 15 is 0 Å². The Bertz CT molecular complexity index is 1000. The molecule has 28 heavy (non-hydrogen) atoms. The largest absolute Gasteiger partial charge is 0.277 e. The van der Waals surface area contributed by atoms with E-state index in [1.165, 1.54) is 65.3 Å². The molecular weight excluding hydrogens is 390 g/mol. The van der Waals surface area contributed by atoms with Crippen LogP contribution in [0.3, 0.4) is 0 Å². The van der Waals surface area contributed by atoms with Crippen molar-refractivity contribution in [2.75, 3.05) is 0 Å². The second-order valence-electron chi connectivity index (χ2n) is 7.09. The van der Waals surface area contributed by atoms with Gasteiger partial charge in [0.05, 0.1) is 10.7 Å². The van der Waals surface area contributed by atoms with Gasteiger partial charge in [0.1, 0.15) is 0 Å². The highest BCUT2D eigenvalue weighted by Crippen LogP contribution is 2.39. The number of hydrogen-bond acceptors (Lipinski definition) is 4. The third kappa shape index (κ3) is 4.31. The first-order valence-corrected chi connectivity index (χ1v) is 11.0. The Labute approximate surface area is 174 Å². The molecule has 144 valence electrons. The van der Waals surface area contributed by atoms with E-state index in [4.69, 9.17) is 11.6 Å². The van der Waals surface area contributed by atoms with Crippen molar-refractivity contribution in [3.05, 3.63) is 81.4 Å². The molecule has 0 radical (unpaired) electrons. The first-order chi connectivity index (χ1) is 13.7. The summed E-state index contributed by atoms with van der Waals surface area (Å²) >= 11 is 8.10. The van der Waals surface area contributed by atoms with E-state index in [1.807, 2.05) is 18.2 Å². The lowest BCUT2D eigenvalue weighted by Gasteiger charge is -2.25. The van der Waals surface area contributed by atoms with Gasteiger partial charge in [-0.05, 0) is 72.2 Å². The lowest BCUT2D eigenvalue weighted by atomic mass is 9.82. The maximum atomic E-state index is 12.0. The van der Waals surface area contributed by atoms with Crippen LogP contribution in [0.5, 0.6) is 0 Å². The fraction of sp³-hybridized carbons (Fsp3) is 0.318.